The van der Waals surface area contributed by atoms with Crippen molar-refractivity contribution < 1.29 is 9.72 Å². The Hall–Kier alpha value is -1.91. The Labute approximate surface area is 99.0 Å². The van der Waals surface area contributed by atoms with Gasteiger partial charge in [-0.15, -0.1) is 0 Å². The number of hydrogen-bond acceptors (Lipinski definition) is 3. The van der Waals surface area contributed by atoms with Crippen LogP contribution in [-0.2, 0) is 10.2 Å². The van der Waals surface area contributed by atoms with Crippen molar-refractivity contribution in [2.24, 2.45) is 5.92 Å². The summed E-state index contributed by atoms with van der Waals surface area (Å²) in [6.07, 6.45) is 0. The predicted molar refractivity (Wildman–Crippen MR) is 63.9 cm³/mol. The number of benzene rings is 1. The van der Waals surface area contributed by atoms with E-state index in [1.165, 1.54) is 12.1 Å². The maximum Gasteiger partial charge on any atom is 0.269 e. The number of carbonyl (C=O) groups is 1. The fourth-order valence-corrected chi connectivity index (χ4v) is 2.13. The molecule has 0 bridgehead atoms. The van der Waals surface area contributed by atoms with E-state index in [9.17, 15) is 14.9 Å². The summed E-state index contributed by atoms with van der Waals surface area (Å²) >= 11 is 0. The van der Waals surface area contributed by atoms with Crippen molar-refractivity contribution in [3.63, 3.8) is 0 Å². The second-order valence-corrected chi connectivity index (χ2v) is 4.80. The standard InChI is InChI=1S/C12H14N2O3/c1-7(2)12(3)9-6-8(14(16)17)4-5-10(9)13-11(12)15/h4-7H,1-3H3,(H,13,15). The maximum absolute atomic E-state index is 12.0. The van der Waals surface area contributed by atoms with Crippen LogP contribution in [0.4, 0.5) is 11.4 Å². The van der Waals surface area contributed by atoms with Gasteiger partial charge in [0.15, 0.2) is 0 Å². The predicted octanol–water partition coefficient (Wildman–Crippen LogP) is 2.46. The molecule has 17 heavy (non-hydrogen) atoms. The third-order valence-electron chi connectivity index (χ3n) is 3.65. The number of amides is 1. The molecule has 1 atom stereocenters. The van der Waals surface area contributed by atoms with Crippen LogP contribution in [0.15, 0.2) is 18.2 Å². The van der Waals surface area contributed by atoms with Crippen molar-refractivity contribution in [2.75, 3.05) is 5.32 Å². The average Bonchev–Trinajstić information content (AvgIpc) is 2.52. The SMILES string of the molecule is CC(C)C1(C)C(=O)Nc2ccc([N+](=O)[O-])cc21. The normalized spacial score (nSPS) is 22.5. The quantitative estimate of drug-likeness (QED) is 0.631. The van der Waals surface area contributed by atoms with Gasteiger partial charge in [0.1, 0.15) is 0 Å². The van der Waals surface area contributed by atoms with E-state index in [1.807, 2.05) is 20.8 Å². The van der Waals surface area contributed by atoms with Gasteiger partial charge in [-0.1, -0.05) is 13.8 Å². The van der Waals surface area contributed by atoms with Crippen molar-refractivity contribution in [1.29, 1.82) is 0 Å². The van der Waals surface area contributed by atoms with Crippen LogP contribution in [-0.4, -0.2) is 10.8 Å². The highest BCUT2D eigenvalue weighted by Crippen LogP contribution is 2.43. The molecule has 2 rings (SSSR count). The van der Waals surface area contributed by atoms with Crippen LogP contribution in [0.3, 0.4) is 0 Å². The maximum atomic E-state index is 12.0. The lowest BCUT2D eigenvalue weighted by Crippen LogP contribution is -2.36. The van der Waals surface area contributed by atoms with Crippen molar-refractivity contribution >= 4 is 17.3 Å². The molecular weight excluding hydrogens is 220 g/mol. The zero-order valence-electron chi connectivity index (χ0n) is 9.98. The van der Waals surface area contributed by atoms with Gasteiger partial charge in [-0.05, 0) is 24.5 Å². The van der Waals surface area contributed by atoms with Gasteiger partial charge in [-0.25, -0.2) is 0 Å². The summed E-state index contributed by atoms with van der Waals surface area (Å²) < 4.78 is 0. The molecule has 0 radical (unpaired) electrons. The van der Waals surface area contributed by atoms with Gasteiger partial charge in [-0.2, -0.15) is 0 Å². The molecule has 0 aromatic heterocycles. The van der Waals surface area contributed by atoms with E-state index in [4.69, 9.17) is 0 Å². The third-order valence-corrected chi connectivity index (χ3v) is 3.65. The molecule has 5 nitrogen and oxygen atoms in total. The summed E-state index contributed by atoms with van der Waals surface area (Å²) in [5, 5.41) is 13.5. The van der Waals surface area contributed by atoms with E-state index >= 15 is 0 Å². The summed E-state index contributed by atoms with van der Waals surface area (Å²) in [7, 11) is 0. The number of nitro groups is 1. The van der Waals surface area contributed by atoms with Crippen LogP contribution >= 0.6 is 0 Å². The number of non-ortho nitro benzene ring substituents is 1. The molecule has 1 amide bonds. The molecule has 1 aromatic carbocycles. The number of carbonyl (C=O) groups excluding carboxylic acids is 1. The molecule has 1 aromatic rings. The lowest BCUT2D eigenvalue weighted by molar-refractivity contribution is -0.384. The van der Waals surface area contributed by atoms with Gasteiger partial charge in [0.05, 0.1) is 10.3 Å². The molecule has 1 heterocycles. The van der Waals surface area contributed by atoms with E-state index in [1.54, 1.807) is 6.07 Å². The van der Waals surface area contributed by atoms with Gasteiger partial charge in [0, 0.05) is 17.8 Å². The Bertz CT molecular complexity index is 510. The first-order chi connectivity index (χ1) is 7.87. The van der Waals surface area contributed by atoms with E-state index in [0.29, 0.717) is 11.3 Å². The van der Waals surface area contributed by atoms with Gasteiger partial charge in [0.25, 0.3) is 5.69 Å². The first kappa shape index (κ1) is 11.6. The highest BCUT2D eigenvalue weighted by atomic mass is 16.6. The van der Waals surface area contributed by atoms with Gasteiger partial charge in [-0.3, -0.25) is 14.9 Å². The highest BCUT2D eigenvalue weighted by Gasteiger charge is 2.45. The summed E-state index contributed by atoms with van der Waals surface area (Å²) in [6.45, 7) is 5.70. The van der Waals surface area contributed by atoms with Crippen LogP contribution < -0.4 is 5.32 Å². The molecule has 0 saturated carbocycles. The first-order valence-electron chi connectivity index (χ1n) is 5.47. The molecule has 1 aliphatic heterocycles. The minimum Gasteiger partial charge on any atom is -0.325 e. The minimum atomic E-state index is -0.693. The number of nitrogens with one attached hydrogen (secondary N) is 1. The van der Waals surface area contributed by atoms with Crippen molar-refractivity contribution in [3.8, 4) is 0 Å². The largest absolute Gasteiger partial charge is 0.325 e. The molecule has 0 aliphatic carbocycles. The second-order valence-electron chi connectivity index (χ2n) is 4.80. The summed E-state index contributed by atoms with van der Waals surface area (Å²) in [5.41, 5.74) is 0.720. The Morgan fingerprint density at radius 2 is 2.06 bits per heavy atom. The van der Waals surface area contributed by atoms with Crippen LogP contribution in [0.25, 0.3) is 0 Å². The van der Waals surface area contributed by atoms with Crippen LogP contribution in [0, 0.1) is 16.0 Å². The smallest absolute Gasteiger partial charge is 0.269 e. The second kappa shape index (κ2) is 3.55. The molecule has 0 fully saturated rings. The molecular formula is C12H14N2O3. The lowest BCUT2D eigenvalue weighted by atomic mass is 9.74. The van der Waals surface area contributed by atoms with Gasteiger partial charge >= 0.3 is 0 Å². The fourth-order valence-electron chi connectivity index (χ4n) is 2.13. The molecule has 1 N–H and O–H groups in total. The third kappa shape index (κ3) is 1.50. The monoisotopic (exact) mass is 234 g/mol. The summed E-state index contributed by atoms with van der Waals surface area (Å²) in [6, 6.07) is 4.50. The van der Waals surface area contributed by atoms with Gasteiger partial charge < -0.3 is 5.32 Å². The number of hydrogen-bond donors (Lipinski definition) is 1. The molecule has 1 aliphatic rings. The van der Waals surface area contributed by atoms with Crippen LogP contribution in [0.5, 0.6) is 0 Å². The Kier molecular flexibility index (Phi) is 2.41. The van der Waals surface area contributed by atoms with Crippen LogP contribution in [0.2, 0.25) is 0 Å². The number of fused-ring (bicyclic) bond motifs is 1. The Morgan fingerprint density at radius 1 is 1.41 bits per heavy atom. The molecule has 0 spiro atoms. The number of nitro benzene ring substituents is 1. The Morgan fingerprint density at radius 3 is 2.59 bits per heavy atom. The molecule has 0 saturated heterocycles. The Balaban J connectivity index is 2.62. The fraction of sp³-hybridized carbons (Fsp3) is 0.417. The first-order valence-corrected chi connectivity index (χ1v) is 5.47. The zero-order valence-corrected chi connectivity index (χ0v) is 9.98. The molecule has 5 heteroatoms. The lowest BCUT2D eigenvalue weighted by Gasteiger charge is -2.26. The minimum absolute atomic E-state index is 0.0205. The van der Waals surface area contributed by atoms with Crippen molar-refractivity contribution in [1.82, 2.24) is 0 Å². The molecule has 90 valence electrons. The van der Waals surface area contributed by atoms with Crippen LogP contribution in [0.1, 0.15) is 26.3 Å². The van der Waals surface area contributed by atoms with Crippen molar-refractivity contribution in [3.05, 3.63) is 33.9 Å². The average molecular weight is 234 g/mol. The van der Waals surface area contributed by atoms with E-state index in [0.717, 1.165) is 0 Å². The summed E-state index contributed by atoms with van der Waals surface area (Å²) in [4.78, 5) is 22.3. The molecule has 1 unspecified atom stereocenters. The van der Waals surface area contributed by atoms with E-state index in [2.05, 4.69) is 5.32 Å². The summed E-state index contributed by atoms with van der Waals surface area (Å²) in [5.74, 6) is -0.0197. The van der Waals surface area contributed by atoms with E-state index < -0.39 is 10.3 Å². The topological polar surface area (TPSA) is 72.2 Å². The van der Waals surface area contributed by atoms with Gasteiger partial charge in [0.2, 0.25) is 5.91 Å². The number of rotatable bonds is 2. The van der Waals surface area contributed by atoms with Crippen molar-refractivity contribution in [2.45, 2.75) is 26.2 Å². The number of nitrogens with zero attached hydrogens (tertiary/aromatic N) is 1. The zero-order chi connectivity index (χ0) is 12.8. The van der Waals surface area contributed by atoms with E-state index in [-0.39, 0.29) is 17.5 Å². The number of anilines is 1. The highest BCUT2D eigenvalue weighted by molar-refractivity contribution is 6.06.